The second kappa shape index (κ2) is 7.77. The van der Waals surface area contributed by atoms with Gasteiger partial charge in [-0.05, 0) is 25.1 Å². The Hall–Kier alpha value is -3.26. The topological polar surface area (TPSA) is 91.2 Å². The van der Waals surface area contributed by atoms with Crippen molar-refractivity contribution in [3.05, 3.63) is 70.0 Å². The fraction of sp³-hybridized carbons (Fsp3) is 0.300. The number of rotatable bonds is 5. The lowest BCUT2D eigenvalue weighted by atomic mass is 10.1. The average Bonchev–Trinajstić information content (AvgIpc) is 3.17. The van der Waals surface area contributed by atoms with E-state index >= 15 is 0 Å². The summed E-state index contributed by atoms with van der Waals surface area (Å²) in [5, 5.41) is 18.2. The Kier molecular flexibility index (Phi) is 5.03. The molecule has 3 aromatic rings. The maximum absolute atomic E-state index is 10.8. The highest BCUT2D eigenvalue weighted by Gasteiger charge is 2.19. The Bertz CT molecular complexity index is 961. The first-order chi connectivity index (χ1) is 13.6. The molecule has 1 fully saturated rings. The lowest BCUT2D eigenvalue weighted by Crippen LogP contribution is -2.46. The molecule has 8 heteroatoms. The van der Waals surface area contributed by atoms with Gasteiger partial charge in [-0.1, -0.05) is 23.8 Å². The van der Waals surface area contributed by atoms with Crippen LogP contribution in [-0.4, -0.2) is 51.2 Å². The monoisotopic (exact) mass is 378 g/mol. The zero-order chi connectivity index (χ0) is 19.5. The molecule has 2 aromatic carbocycles. The number of benzene rings is 2. The fourth-order valence-electron chi connectivity index (χ4n) is 3.44. The largest absolute Gasteiger partial charge is 0.369 e. The van der Waals surface area contributed by atoms with Crippen LogP contribution in [0.3, 0.4) is 0 Å². The Labute approximate surface area is 163 Å². The van der Waals surface area contributed by atoms with Crippen LogP contribution in [0.25, 0.3) is 11.4 Å². The third-order valence-electron chi connectivity index (χ3n) is 4.98. The summed E-state index contributed by atoms with van der Waals surface area (Å²) in [6, 6.07) is 14.9. The van der Waals surface area contributed by atoms with Crippen LogP contribution in [0.2, 0.25) is 0 Å². The first-order valence-electron chi connectivity index (χ1n) is 9.28. The number of hydrogen-bond donors (Lipinski definition) is 1. The Morgan fingerprint density at radius 1 is 1.11 bits per heavy atom. The minimum Gasteiger partial charge on any atom is -0.369 e. The number of non-ortho nitro benzene ring substituents is 1. The minimum atomic E-state index is -0.371. The van der Waals surface area contributed by atoms with Gasteiger partial charge in [-0.3, -0.25) is 20.1 Å². The zero-order valence-electron chi connectivity index (χ0n) is 15.7. The van der Waals surface area contributed by atoms with Crippen LogP contribution >= 0.6 is 0 Å². The molecule has 144 valence electrons. The third-order valence-corrected chi connectivity index (χ3v) is 4.98. The summed E-state index contributed by atoms with van der Waals surface area (Å²) in [6.45, 7) is 6.33. The van der Waals surface area contributed by atoms with E-state index in [1.165, 1.54) is 5.56 Å². The molecule has 0 bridgehead atoms. The molecular formula is C20H22N6O2. The van der Waals surface area contributed by atoms with Gasteiger partial charge in [0, 0.05) is 49.6 Å². The van der Waals surface area contributed by atoms with Gasteiger partial charge in [-0.25, -0.2) is 4.98 Å². The van der Waals surface area contributed by atoms with E-state index in [1.807, 2.05) is 24.3 Å². The van der Waals surface area contributed by atoms with Crippen LogP contribution in [0.4, 0.5) is 11.4 Å². The number of piperazine rings is 1. The molecule has 8 nitrogen and oxygen atoms in total. The van der Waals surface area contributed by atoms with Crippen molar-refractivity contribution >= 4 is 11.4 Å². The predicted molar refractivity (Wildman–Crippen MR) is 107 cm³/mol. The second-order valence-electron chi connectivity index (χ2n) is 7.01. The number of nitrogens with one attached hydrogen (secondary N) is 1. The maximum atomic E-state index is 10.8. The van der Waals surface area contributed by atoms with Gasteiger partial charge in [0.05, 0.1) is 11.5 Å². The fourth-order valence-corrected chi connectivity index (χ4v) is 3.44. The van der Waals surface area contributed by atoms with Gasteiger partial charge in [-0.2, -0.15) is 5.10 Å². The minimum absolute atomic E-state index is 0.122. The number of aromatic amines is 1. The van der Waals surface area contributed by atoms with Gasteiger partial charge in [0.1, 0.15) is 5.82 Å². The van der Waals surface area contributed by atoms with Gasteiger partial charge < -0.3 is 4.90 Å². The van der Waals surface area contributed by atoms with Crippen LogP contribution < -0.4 is 4.90 Å². The normalized spacial score (nSPS) is 15.0. The SMILES string of the molecule is Cc1cccc(-c2n[nH]c(CN3CCN(c4ccc([N+](=O)[O-])cc4)CC3)n2)c1. The molecule has 28 heavy (non-hydrogen) atoms. The van der Waals surface area contributed by atoms with Gasteiger partial charge in [0.2, 0.25) is 0 Å². The number of nitrogens with zero attached hydrogens (tertiary/aromatic N) is 5. The molecule has 4 rings (SSSR count). The third kappa shape index (κ3) is 4.01. The number of aromatic nitrogens is 3. The van der Waals surface area contributed by atoms with E-state index in [4.69, 9.17) is 0 Å². The van der Waals surface area contributed by atoms with Crippen molar-refractivity contribution in [1.29, 1.82) is 0 Å². The van der Waals surface area contributed by atoms with Gasteiger partial charge in [0.25, 0.3) is 5.69 Å². The van der Waals surface area contributed by atoms with Crippen molar-refractivity contribution in [3.63, 3.8) is 0 Å². The highest BCUT2D eigenvalue weighted by Crippen LogP contribution is 2.21. The molecular weight excluding hydrogens is 356 g/mol. The summed E-state index contributed by atoms with van der Waals surface area (Å²) in [5.41, 5.74) is 3.35. The number of hydrogen-bond acceptors (Lipinski definition) is 6. The number of aryl methyl sites for hydroxylation is 1. The first-order valence-corrected chi connectivity index (χ1v) is 9.28. The lowest BCUT2D eigenvalue weighted by Gasteiger charge is -2.35. The van der Waals surface area contributed by atoms with Gasteiger partial charge in [0.15, 0.2) is 5.82 Å². The lowest BCUT2D eigenvalue weighted by molar-refractivity contribution is -0.384. The van der Waals surface area contributed by atoms with E-state index in [0.717, 1.165) is 55.6 Å². The molecule has 0 radical (unpaired) electrons. The van der Waals surface area contributed by atoms with Crippen molar-refractivity contribution in [2.75, 3.05) is 31.1 Å². The van der Waals surface area contributed by atoms with Crippen molar-refractivity contribution < 1.29 is 4.92 Å². The molecule has 1 aliphatic heterocycles. The summed E-state index contributed by atoms with van der Waals surface area (Å²) >= 11 is 0. The zero-order valence-corrected chi connectivity index (χ0v) is 15.7. The summed E-state index contributed by atoms with van der Waals surface area (Å²) in [7, 11) is 0. The molecule has 0 aliphatic carbocycles. The van der Waals surface area contributed by atoms with E-state index in [-0.39, 0.29) is 10.6 Å². The van der Waals surface area contributed by atoms with Crippen LogP contribution in [0.5, 0.6) is 0 Å². The Balaban J connectivity index is 1.34. The number of anilines is 1. The van der Waals surface area contributed by atoms with Crippen LogP contribution in [0.15, 0.2) is 48.5 Å². The molecule has 0 atom stereocenters. The van der Waals surface area contributed by atoms with E-state index in [0.29, 0.717) is 0 Å². The summed E-state index contributed by atoms with van der Waals surface area (Å²) in [5.74, 6) is 1.59. The molecule has 1 aliphatic rings. The van der Waals surface area contributed by atoms with Gasteiger partial charge in [-0.15, -0.1) is 0 Å². The molecule has 1 N–H and O–H groups in total. The number of nitro benzene ring substituents is 1. The highest BCUT2D eigenvalue weighted by atomic mass is 16.6. The molecule has 1 saturated heterocycles. The Morgan fingerprint density at radius 3 is 2.54 bits per heavy atom. The van der Waals surface area contributed by atoms with E-state index in [9.17, 15) is 10.1 Å². The number of nitro groups is 1. The summed E-state index contributed by atoms with van der Waals surface area (Å²) in [4.78, 5) is 19.6. The van der Waals surface area contributed by atoms with E-state index < -0.39 is 0 Å². The van der Waals surface area contributed by atoms with E-state index in [2.05, 4.69) is 44.0 Å². The molecule has 1 aromatic heterocycles. The molecule has 0 saturated carbocycles. The smallest absolute Gasteiger partial charge is 0.269 e. The first kappa shape index (κ1) is 18.1. The molecule has 0 amide bonds. The summed E-state index contributed by atoms with van der Waals surface area (Å²) < 4.78 is 0. The molecule has 0 spiro atoms. The summed E-state index contributed by atoms with van der Waals surface area (Å²) in [6.07, 6.45) is 0. The molecule has 0 unspecified atom stereocenters. The van der Waals surface area contributed by atoms with Gasteiger partial charge >= 0.3 is 0 Å². The van der Waals surface area contributed by atoms with Crippen molar-refractivity contribution in [2.45, 2.75) is 13.5 Å². The van der Waals surface area contributed by atoms with Crippen LogP contribution in [-0.2, 0) is 6.54 Å². The maximum Gasteiger partial charge on any atom is 0.269 e. The van der Waals surface area contributed by atoms with E-state index in [1.54, 1.807) is 12.1 Å². The van der Waals surface area contributed by atoms with Crippen molar-refractivity contribution in [1.82, 2.24) is 20.1 Å². The quantitative estimate of drug-likeness (QED) is 0.542. The molecule has 2 heterocycles. The predicted octanol–water partition coefficient (Wildman–Crippen LogP) is 3.01. The second-order valence-corrected chi connectivity index (χ2v) is 7.01. The standard InChI is InChI=1S/C20H22N6O2/c1-15-3-2-4-16(13-15)20-21-19(22-23-20)14-24-9-11-25(12-10-24)17-5-7-18(8-6-17)26(27)28/h2-8,13H,9-12,14H2,1H3,(H,21,22,23). The van der Waals surface area contributed by atoms with Crippen molar-refractivity contribution in [3.8, 4) is 11.4 Å². The van der Waals surface area contributed by atoms with Crippen LogP contribution in [0, 0.1) is 17.0 Å². The Morgan fingerprint density at radius 2 is 1.86 bits per heavy atom. The highest BCUT2D eigenvalue weighted by molar-refractivity contribution is 5.55. The average molecular weight is 378 g/mol. The van der Waals surface area contributed by atoms with Crippen molar-refractivity contribution in [2.24, 2.45) is 0 Å². The number of H-pyrrole nitrogens is 1. The van der Waals surface area contributed by atoms with Crippen LogP contribution in [0.1, 0.15) is 11.4 Å².